The van der Waals surface area contributed by atoms with Crippen LogP contribution < -0.4 is 16.2 Å². The first-order chi connectivity index (χ1) is 12.8. The zero-order valence-electron chi connectivity index (χ0n) is 14.7. The number of hydrogen-bond acceptors (Lipinski definition) is 5. The zero-order valence-corrected chi connectivity index (χ0v) is 14.7. The lowest BCUT2D eigenvalue weighted by atomic mass is 10.3. The second kappa shape index (κ2) is 9.15. The first kappa shape index (κ1) is 20.4. The highest BCUT2D eigenvalue weighted by Gasteiger charge is 2.30. The second-order valence-electron chi connectivity index (χ2n) is 5.75. The Kier molecular flexibility index (Phi) is 6.91. The van der Waals surface area contributed by atoms with Crippen LogP contribution in [0, 0.1) is 0 Å². The van der Waals surface area contributed by atoms with Crippen LogP contribution in [0.25, 0.3) is 0 Å². The first-order valence-electron chi connectivity index (χ1n) is 8.44. The van der Waals surface area contributed by atoms with Crippen LogP contribution in [0.2, 0.25) is 0 Å². The summed E-state index contributed by atoms with van der Waals surface area (Å²) in [6, 6.07) is 4.79. The molecule has 0 aliphatic rings. The van der Waals surface area contributed by atoms with Gasteiger partial charge in [-0.25, -0.2) is 9.67 Å². The molecular weight excluding hydrogens is 363 g/mol. The minimum absolute atomic E-state index is 0.123. The number of unbranched alkanes of at least 4 members (excludes halogenated alkanes) is 1. The van der Waals surface area contributed by atoms with Crippen molar-refractivity contribution in [1.29, 1.82) is 0 Å². The van der Waals surface area contributed by atoms with Crippen LogP contribution in [0.15, 0.2) is 35.3 Å². The Morgan fingerprint density at radius 3 is 2.59 bits per heavy atom. The highest BCUT2D eigenvalue weighted by molar-refractivity contribution is 5.91. The molecule has 0 radical (unpaired) electrons. The number of rotatable bonds is 8. The van der Waals surface area contributed by atoms with Crippen LogP contribution in [0.3, 0.4) is 0 Å². The molecule has 146 valence electrons. The number of aromatic nitrogens is 3. The van der Waals surface area contributed by atoms with E-state index in [4.69, 9.17) is 0 Å². The third-order valence-corrected chi connectivity index (χ3v) is 3.63. The Hall–Kier alpha value is -2.91. The van der Waals surface area contributed by atoms with Crippen molar-refractivity contribution in [3.05, 3.63) is 52.1 Å². The lowest BCUT2D eigenvalue weighted by Gasteiger charge is -2.10. The molecule has 0 saturated heterocycles. The van der Waals surface area contributed by atoms with E-state index in [1.807, 2.05) is 6.92 Å². The highest BCUT2D eigenvalue weighted by atomic mass is 19.4. The molecule has 2 aromatic rings. The van der Waals surface area contributed by atoms with E-state index in [9.17, 15) is 22.8 Å². The van der Waals surface area contributed by atoms with Crippen molar-refractivity contribution in [3.63, 3.8) is 0 Å². The molecule has 0 aromatic carbocycles. The largest absolute Gasteiger partial charge is 0.417 e. The quantitative estimate of drug-likeness (QED) is 0.683. The first-order valence-corrected chi connectivity index (χ1v) is 8.44. The van der Waals surface area contributed by atoms with E-state index in [2.05, 4.69) is 20.7 Å². The lowest BCUT2D eigenvalue weighted by molar-refractivity contribution is -0.137. The van der Waals surface area contributed by atoms with Gasteiger partial charge in [-0.2, -0.15) is 18.3 Å². The summed E-state index contributed by atoms with van der Waals surface area (Å²) in [5, 5.41) is 9.46. The Morgan fingerprint density at radius 1 is 1.19 bits per heavy atom. The summed E-state index contributed by atoms with van der Waals surface area (Å²) in [5.74, 6) is -0.175. The number of halogens is 3. The molecule has 10 heteroatoms. The Morgan fingerprint density at radius 2 is 1.96 bits per heavy atom. The highest BCUT2D eigenvalue weighted by Crippen LogP contribution is 2.28. The molecule has 0 unspecified atom stereocenters. The molecule has 0 aliphatic carbocycles. The van der Waals surface area contributed by atoms with Gasteiger partial charge in [0, 0.05) is 31.9 Å². The number of hydrogen-bond donors (Lipinski definition) is 2. The van der Waals surface area contributed by atoms with Crippen LogP contribution in [0.1, 0.15) is 35.8 Å². The molecule has 0 bridgehead atoms. The number of pyridine rings is 1. The van der Waals surface area contributed by atoms with E-state index >= 15 is 0 Å². The molecule has 2 aromatic heterocycles. The van der Waals surface area contributed by atoms with Crippen molar-refractivity contribution in [2.75, 3.05) is 18.4 Å². The van der Waals surface area contributed by atoms with E-state index in [0.717, 1.165) is 25.1 Å². The fraction of sp³-hybridized carbons (Fsp3) is 0.412. The molecule has 2 heterocycles. The van der Waals surface area contributed by atoms with Gasteiger partial charge in [0.2, 0.25) is 0 Å². The van der Waals surface area contributed by atoms with E-state index in [1.54, 1.807) is 0 Å². The predicted molar refractivity (Wildman–Crippen MR) is 93.5 cm³/mol. The molecule has 0 spiro atoms. The Bertz CT molecular complexity index is 819. The van der Waals surface area contributed by atoms with E-state index in [-0.39, 0.29) is 30.2 Å². The number of carbonyl (C=O) groups is 1. The van der Waals surface area contributed by atoms with Crippen molar-refractivity contribution < 1.29 is 18.0 Å². The number of anilines is 1. The topological polar surface area (TPSA) is 88.9 Å². The van der Waals surface area contributed by atoms with E-state index in [0.29, 0.717) is 6.54 Å². The summed E-state index contributed by atoms with van der Waals surface area (Å²) >= 11 is 0. The smallest absolute Gasteiger partial charge is 0.368 e. The van der Waals surface area contributed by atoms with Crippen molar-refractivity contribution in [3.8, 4) is 0 Å². The average Bonchev–Trinajstić information content (AvgIpc) is 2.64. The van der Waals surface area contributed by atoms with Gasteiger partial charge in [0.05, 0.1) is 5.56 Å². The minimum atomic E-state index is -4.43. The third-order valence-electron chi connectivity index (χ3n) is 3.63. The van der Waals surface area contributed by atoms with E-state index < -0.39 is 17.6 Å². The molecule has 1 amide bonds. The number of carbonyl (C=O) groups excluding carboxylic acids is 1. The van der Waals surface area contributed by atoms with Crippen LogP contribution >= 0.6 is 0 Å². The lowest BCUT2D eigenvalue weighted by Crippen LogP contribution is -2.32. The fourth-order valence-electron chi connectivity index (χ4n) is 2.16. The molecular formula is C17H20F3N5O2. The van der Waals surface area contributed by atoms with Crippen molar-refractivity contribution in [2.24, 2.45) is 0 Å². The maximum atomic E-state index is 12.5. The van der Waals surface area contributed by atoms with Crippen molar-refractivity contribution >= 4 is 11.7 Å². The summed E-state index contributed by atoms with van der Waals surface area (Å²) in [6.45, 7) is 2.90. The van der Waals surface area contributed by atoms with Crippen LogP contribution in [0.5, 0.6) is 0 Å². The van der Waals surface area contributed by atoms with Crippen LogP contribution in [0.4, 0.5) is 19.0 Å². The van der Waals surface area contributed by atoms with Crippen LogP contribution in [-0.4, -0.2) is 33.8 Å². The molecule has 2 N–H and O–H groups in total. The third kappa shape index (κ3) is 6.08. The van der Waals surface area contributed by atoms with Gasteiger partial charge in [-0.15, -0.1) is 0 Å². The van der Waals surface area contributed by atoms with Gasteiger partial charge in [-0.3, -0.25) is 9.59 Å². The van der Waals surface area contributed by atoms with Gasteiger partial charge < -0.3 is 10.6 Å². The van der Waals surface area contributed by atoms with Gasteiger partial charge >= 0.3 is 6.18 Å². The van der Waals surface area contributed by atoms with Gasteiger partial charge in [-0.05, 0) is 24.6 Å². The summed E-state index contributed by atoms with van der Waals surface area (Å²) in [6.07, 6.45) is -2.01. The molecule has 0 atom stereocenters. The standard InChI is InChI=1S/C17H20F3N5O2/c1-2-3-10-25-15(26)7-5-13(24-25)16(27)22-9-8-21-14-6-4-12(11-23-14)17(18,19)20/h4-7,11H,2-3,8-10H2,1H3,(H,21,23)(H,22,27). The summed E-state index contributed by atoms with van der Waals surface area (Å²) in [7, 11) is 0. The van der Waals surface area contributed by atoms with Crippen molar-refractivity contribution in [1.82, 2.24) is 20.1 Å². The average molecular weight is 383 g/mol. The van der Waals surface area contributed by atoms with E-state index in [1.165, 1.54) is 22.9 Å². The minimum Gasteiger partial charge on any atom is -0.368 e. The van der Waals surface area contributed by atoms with Crippen LogP contribution in [-0.2, 0) is 12.7 Å². The number of amides is 1. The van der Waals surface area contributed by atoms with Crippen molar-refractivity contribution in [2.45, 2.75) is 32.5 Å². The number of nitrogens with one attached hydrogen (secondary N) is 2. The summed E-state index contributed by atoms with van der Waals surface area (Å²) in [5.41, 5.74) is -0.973. The van der Waals surface area contributed by atoms with Gasteiger partial charge in [-0.1, -0.05) is 13.3 Å². The second-order valence-corrected chi connectivity index (χ2v) is 5.75. The summed E-state index contributed by atoms with van der Waals surface area (Å²) < 4.78 is 38.6. The maximum absolute atomic E-state index is 12.5. The molecule has 7 nitrogen and oxygen atoms in total. The molecule has 0 saturated carbocycles. The molecule has 2 rings (SSSR count). The normalized spacial score (nSPS) is 11.3. The molecule has 0 aliphatic heterocycles. The molecule has 27 heavy (non-hydrogen) atoms. The Balaban J connectivity index is 1.83. The Labute approximate surface area is 153 Å². The van der Waals surface area contributed by atoms with Gasteiger partial charge in [0.15, 0.2) is 0 Å². The predicted octanol–water partition coefficient (Wildman–Crippen LogP) is 2.30. The summed E-state index contributed by atoms with van der Waals surface area (Å²) in [4.78, 5) is 27.5. The fourth-order valence-corrected chi connectivity index (χ4v) is 2.16. The SMILES string of the molecule is CCCCn1nc(C(=O)NCCNc2ccc(C(F)(F)F)cn2)ccc1=O. The van der Waals surface area contributed by atoms with Gasteiger partial charge in [0.25, 0.3) is 11.5 Å². The zero-order chi connectivity index (χ0) is 19.9. The van der Waals surface area contributed by atoms with Gasteiger partial charge in [0.1, 0.15) is 11.5 Å². The number of alkyl halides is 3. The maximum Gasteiger partial charge on any atom is 0.417 e. The number of nitrogens with zero attached hydrogens (tertiary/aromatic N) is 3. The monoisotopic (exact) mass is 383 g/mol. The molecule has 0 fully saturated rings. The number of aryl methyl sites for hydroxylation is 1.